The zero-order chi connectivity index (χ0) is 13.0. The Kier molecular flexibility index (Phi) is 5.71. The largest absolute Gasteiger partial charge is 0.260 e. The van der Waals surface area contributed by atoms with Crippen LogP contribution < -0.4 is 10.9 Å². The van der Waals surface area contributed by atoms with Crippen LogP contribution in [0.4, 0.5) is 0 Å². The van der Waals surface area contributed by atoms with E-state index >= 15 is 0 Å². The zero-order valence-corrected chi connectivity index (χ0v) is 12.4. The molecule has 0 amide bonds. The number of hydrogen-bond acceptors (Lipinski definition) is 2. The molecule has 0 aromatic heterocycles. The van der Waals surface area contributed by atoms with Crippen LogP contribution in [0.25, 0.3) is 0 Å². The van der Waals surface area contributed by atoms with E-state index in [1.165, 1.54) is 12.0 Å². The van der Waals surface area contributed by atoms with Crippen molar-refractivity contribution >= 4 is 0 Å². The molecule has 2 N–H and O–H groups in total. The molecule has 0 aromatic carbocycles. The number of hydrazine groups is 1. The van der Waals surface area contributed by atoms with Gasteiger partial charge in [-0.2, -0.15) is 0 Å². The lowest BCUT2D eigenvalue weighted by Gasteiger charge is -2.40. The maximum atomic E-state index is 3.38. The van der Waals surface area contributed by atoms with Crippen molar-refractivity contribution in [2.24, 2.45) is 10.8 Å². The van der Waals surface area contributed by atoms with Crippen LogP contribution in [-0.4, -0.2) is 13.1 Å². The van der Waals surface area contributed by atoms with Gasteiger partial charge in [0.15, 0.2) is 0 Å². The monoisotopic (exact) mass is 226 g/mol. The molecule has 2 nitrogen and oxygen atoms in total. The topological polar surface area (TPSA) is 24.1 Å². The maximum Gasteiger partial charge on any atom is 0.0470 e. The van der Waals surface area contributed by atoms with Gasteiger partial charge in [0.1, 0.15) is 0 Å². The van der Waals surface area contributed by atoms with Gasteiger partial charge in [-0.1, -0.05) is 46.3 Å². The minimum Gasteiger partial charge on any atom is -0.260 e. The molecule has 1 atom stereocenters. The molecule has 0 spiro atoms. The molecule has 16 heavy (non-hydrogen) atoms. The molecule has 0 fully saturated rings. The second-order valence-electron chi connectivity index (χ2n) is 6.59. The van der Waals surface area contributed by atoms with E-state index in [0.29, 0.717) is 11.5 Å². The predicted molar refractivity (Wildman–Crippen MR) is 73.3 cm³/mol. The summed E-state index contributed by atoms with van der Waals surface area (Å²) in [7, 11) is 1.93. The van der Waals surface area contributed by atoms with Gasteiger partial charge < -0.3 is 0 Å². The van der Waals surface area contributed by atoms with E-state index < -0.39 is 0 Å². The van der Waals surface area contributed by atoms with Gasteiger partial charge >= 0.3 is 0 Å². The van der Waals surface area contributed by atoms with Crippen LogP contribution in [0.5, 0.6) is 0 Å². The summed E-state index contributed by atoms with van der Waals surface area (Å²) in [4.78, 5) is 0. The Morgan fingerprint density at radius 1 is 1.19 bits per heavy atom. The lowest BCUT2D eigenvalue weighted by Crippen LogP contribution is -2.49. The van der Waals surface area contributed by atoms with Gasteiger partial charge in [-0.25, -0.2) is 0 Å². The van der Waals surface area contributed by atoms with Crippen LogP contribution in [0.1, 0.15) is 54.9 Å². The molecule has 2 heteroatoms. The van der Waals surface area contributed by atoms with E-state index in [2.05, 4.69) is 65.4 Å². The molecular weight excluding hydrogens is 196 g/mol. The van der Waals surface area contributed by atoms with Gasteiger partial charge in [-0.05, 0) is 38.1 Å². The minimum atomic E-state index is 0.234. The number of allylic oxidation sites excluding steroid dienone is 1. The number of rotatable bonds is 5. The molecule has 0 radical (unpaired) electrons. The summed E-state index contributed by atoms with van der Waals surface area (Å²) >= 11 is 0. The first-order chi connectivity index (χ1) is 7.14. The Labute approximate surface area is 102 Å². The van der Waals surface area contributed by atoms with Crippen molar-refractivity contribution in [1.29, 1.82) is 0 Å². The second-order valence-corrected chi connectivity index (χ2v) is 6.59. The van der Waals surface area contributed by atoms with Crippen LogP contribution in [-0.2, 0) is 0 Å². The molecule has 0 rings (SSSR count). The quantitative estimate of drug-likeness (QED) is 0.554. The summed E-state index contributed by atoms with van der Waals surface area (Å²) in [6.07, 6.45) is 3.38. The number of hydrogen-bond donors (Lipinski definition) is 2. The highest BCUT2D eigenvalue weighted by atomic mass is 15.4. The Morgan fingerprint density at radius 2 is 1.69 bits per heavy atom. The predicted octanol–water partition coefficient (Wildman–Crippen LogP) is 3.51. The van der Waals surface area contributed by atoms with E-state index in [1.54, 1.807) is 0 Å². The Balaban J connectivity index is 4.89. The first-order valence-corrected chi connectivity index (χ1v) is 6.19. The molecule has 96 valence electrons. The first kappa shape index (κ1) is 15.7. The van der Waals surface area contributed by atoms with Crippen LogP contribution in [0.2, 0.25) is 0 Å². The highest BCUT2D eigenvalue weighted by Gasteiger charge is 2.33. The Hall–Kier alpha value is -0.340. The van der Waals surface area contributed by atoms with Crippen molar-refractivity contribution in [1.82, 2.24) is 10.9 Å². The van der Waals surface area contributed by atoms with Crippen LogP contribution in [0, 0.1) is 10.8 Å². The van der Waals surface area contributed by atoms with Crippen molar-refractivity contribution in [3.8, 4) is 0 Å². The molecule has 0 aromatic rings. The van der Waals surface area contributed by atoms with Gasteiger partial charge in [0.05, 0.1) is 0 Å². The highest BCUT2D eigenvalue weighted by Crippen LogP contribution is 2.37. The molecule has 0 heterocycles. The standard InChI is InChI=1S/C14H30N2/c1-9-11(2)12(16-15-8)14(6,7)10-13(3,4)5/h9,12,15-16H,10H2,1-8H3/b11-9+. The Bertz CT molecular complexity index is 234. The van der Waals surface area contributed by atoms with Gasteiger partial charge in [-0.3, -0.25) is 10.9 Å². The lowest BCUT2D eigenvalue weighted by atomic mass is 9.70. The molecule has 0 aliphatic carbocycles. The average Bonchev–Trinajstić information content (AvgIpc) is 2.08. The summed E-state index contributed by atoms with van der Waals surface area (Å²) < 4.78 is 0. The fraction of sp³-hybridized carbons (Fsp3) is 0.857. The fourth-order valence-electron chi connectivity index (χ4n) is 2.71. The lowest BCUT2D eigenvalue weighted by molar-refractivity contribution is 0.162. The van der Waals surface area contributed by atoms with Gasteiger partial charge in [0.25, 0.3) is 0 Å². The van der Waals surface area contributed by atoms with E-state index in [9.17, 15) is 0 Å². The van der Waals surface area contributed by atoms with Crippen LogP contribution >= 0.6 is 0 Å². The summed E-state index contributed by atoms with van der Waals surface area (Å²) in [5.41, 5.74) is 8.44. The summed E-state index contributed by atoms with van der Waals surface area (Å²) in [5.74, 6) is 0. The Morgan fingerprint density at radius 3 is 2.00 bits per heavy atom. The third-order valence-electron chi connectivity index (χ3n) is 2.97. The van der Waals surface area contributed by atoms with E-state index in [0.717, 1.165) is 0 Å². The molecule has 0 aliphatic rings. The number of nitrogens with one attached hydrogen (secondary N) is 2. The second kappa shape index (κ2) is 5.83. The third-order valence-corrected chi connectivity index (χ3v) is 2.97. The van der Waals surface area contributed by atoms with Gasteiger partial charge in [0, 0.05) is 6.04 Å². The molecular formula is C14H30N2. The maximum absolute atomic E-state index is 3.38. The summed E-state index contributed by atoms with van der Waals surface area (Å²) in [6.45, 7) is 15.9. The van der Waals surface area contributed by atoms with Crippen molar-refractivity contribution in [3.63, 3.8) is 0 Å². The molecule has 0 saturated carbocycles. The van der Waals surface area contributed by atoms with Gasteiger partial charge in [-0.15, -0.1) is 0 Å². The SMILES string of the molecule is C/C=C(\C)C(NNC)C(C)(C)CC(C)(C)C. The minimum absolute atomic E-state index is 0.234. The van der Waals surface area contributed by atoms with Crippen molar-refractivity contribution in [2.75, 3.05) is 7.05 Å². The normalized spacial score (nSPS) is 16.4. The van der Waals surface area contributed by atoms with Crippen LogP contribution in [0.15, 0.2) is 11.6 Å². The third kappa shape index (κ3) is 5.13. The fourth-order valence-corrected chi connectivity index (χ4v) is 2.71. The van der Waals surface area contributed by atoms with Gasteiger partial charge in [0.2, 0.25) is 0 Å². The van der Waals surface area contributed by atoms with Crippen LogP contribution in [0.3, 0.4) is 0 Å². The smallest absolute Gasteiger partial charge is 0.0470 e. The van der Waals surface area contributed by atoms with E-state index in [1.807, 2.05) is 7.05 Å². The summed E-state index contributed by atoms with van der Waals surface area (Å²) in [5, 5.41) is 0. The molecule has 0 bridgehead atoms. The zero-order valence-electron chi connectivity index (χ0n) is 12.4. The van der Waals surface area contributed by atoms with Crippen molar-refractivity contribution in [2.45, 2.75) is 60.9 Å². The average molecular weight is 226 g/mol. The van der Waals surface area contributed by atoms with E-state index in [4.69, 9.17) is 0 Å². The highest BCUT2D eigenvalue weighted by molar-refractivity contribution is 5.11. The van der Waals surface area contributed by atoms with Crippen molar-refractivity contribution < 1.29 is 0 Å². The van der Waals surface area contributed by atoms with E-state index in [-0.39, 0.29) is 5.41 Å². The van der Waals surface area contributed by atoms with Crippen molar-refractivity contribution in [3.05, 3.63) is 11.6 Å². The first-order valence-electron chi connectivity index (χ1n) is 6.19. The molecule has 0 aliphatic heterocycles. The molecule has 1 unspecified atom stereocenters. The molecule has 0 saturated heterocycles. The summed E-state index contributed by atoms with van der Waals surface area (Å²) in [6, 6.07) is 0.377.